The predicted molar refractivity (Wildman–Crippen MR) is 61.8 cm³/mol. The topological polar surface area (TPSA) is 58.6 Å². The highest BCUT2D eigenvalue weighted by molar-refractivity contribution is 7.89. The molecular formula is C10H20N2O3S. The molecule has 5 nitrogen and oxygen atoms in total. The zero-order chi connectivity index (χ0) is 11.4. The molecule has 6 heteroatoms. The standard InChI is InChI=1S/C10H20N2O3S/c13-16(14,12-5-7-15-8-6-12)9-10-3-1-2-4-11-10/h10-11H,1-9H2. The van der Waals surface area contributed by atoms with Crippen molar-refractivity contribution >= 4 is 10.0 Å². The lowest BCUT2D eigenvalue weighted by atomic mass is 10.1. The normalized spacial score (nSPS) is 29.1. The van der Waals surface area contributed by atoms with Crippen molar-refractivity contribution in [1.82, 2.24) is 9.62 Å². The highest BCUT2D eigenvalue weighted by atomic mass is 32.2. The van der Waals surface area contributed by atoms with Gasteiger partial charge in [0.1, 0.15) is 0 Å². The van der Waals surface area contributed by atoms with Gasteiger partial charge in [0.25, 0.3) is 0 Å². The Labute approximate surface area is 97.2 Å². The van der Waals surface area contributed by atoms with E-state index in [1.54, 1.807) is 4.31 Å². The van der Waals surface area contributed by atoms with E-state index in [0.717, 1.165) is 25.8 Å². The average Bonchev–Trinajstić information content (AvgIpc) is 2.31. The number of hydrogen-bond acceptors (Lipinski definition) is 4. The smallest absolute Gasteiger partial charge is 0.215 e. The molecule has 0 spiro atoms. The maximum absolute atomic E-state index is 12.1. The van der Waals surface area contributed by atoms with E-state index >= 15 is 0 Å². The molecule has 0 aliphatic carbocycles. The van der Waals surface area contributed by atoms with Crippen molar-refractivity contribution in [2.24, 2.45) is 0 Å². The van der Waals surface area contributed by atoms with Crippen LogP contribution in [0.5, 0.6) is 0 Å². The van der Waals surface area contributed by atoms with E-state index in [-0.39, 0.29) is 11.8 Å². The number of nitrogens with one attached hydrogen (secondary N) is 1. The summed E-state index contributed by atoms with van der Waals surface area (Å²) in [6.07, 6.45) is 3.27. The zero-order valence-electron chi connectivity index (χ0n) is 9.52. The van der Waals surface area contributed by atoms with E-state index in [4.69, 9.17) is 4.74 Å². The predicted octanol–water partition coefficient (Wildman–Crippen LogP) is -0.209. The lowest BCUT2D eigenvalue weighted by Crippen LogP contribution is -2.47. The Morgan fingerprint density at radius 3 is 2.62 bits per heavy atom. The number of nitrogens with zero attached hydrogens (tertiary/aromatic N) is 1. The van der Waals surface area contributed by atoms with Crippen molar-refractivity contribution in [3.8, 4) is 0 Å². The molecule has 1 unspecified atom stereocenters. The Morgan fingerprint density at radius 1 is 1.25 bits per heavy atom. The number of ether oxygens (including phenoxy) is 1. The second-order valence-corrected chi connectivity index (χ2v) is 6.45. The summed E-state index contributed by atoms with van der Waals surface area (Å²) in [6, 6.07) is 0.140. The van der Waals surface area contributed by atoms with Crippen LogP contribution < -0.4 is 5.32 Å². The summed E-state index contributed by atoms with van der Waals surface area (Å²) in [4.78, 5) is 0. The summed E-state index contributed by atoms with van der Waals surface area (Å²) in [7, 11) is -3.09. The summed E-state index contributed by atoms with van der Waals surface area (Å²) < 4.78 is 30.9. The Hall–Kier alpha value is -0.170. The fourth-order valence-electron chi connectivity index (χ4n) is 2.25. The minimum atomic E-state index is -3.09. The van der Waals surface area contributed by atoms with Gasteiger partial charge in [0.2, 0.25) is 10.0 Å². The first-order valence-corrected chi connectivity index (χ1v) is 7.58. The lowest BCUT2D eigenvalue weighted by molar-refractivity contribution is 0.0729. The third kappa shape index (κ3) is 3.16. The van der Waals surface area contributed by atoms with E-state index in [1.165, 1.54) is 0 Å². The molecule has 2 heterocycles. The van der Waals surface area contributed by atoms with Crippen LogP contribution in [0.2, 0.25) is 0 Å². The number of sulfonamides is 1. The molecule has 2 saturated heterocycles. The molecule has 1 atom stereocenters. The minimum absolute atomic E-state index is 0.140. The average molecular weight is 248 g/mol. The monoisotopic (exact) mass is 248 g/mol. The zero-order valence-corrected chi connectivity index (χ0v) is 10.3. The highest BCUT2D eigenvalue weighted by Gasteiger charge is 2.28. The Balaban J connectivity index is 1.90. The molecule has 2 aliphatic rings. The molecule has 0 aromatic heterocycles. The van der Waals surface area contributed by atoms with Gasteiger partial charge in [-0.25, -0.2) is 8.42 Å². The van der Waals surface area contributed by atoms with Crippen molar-refractivity contribution in [2.45, 2.75) is 25.3 Å². The molecule has 0 aromatic carbocycles. The fraction of sp³-hybridized carbons (Fsp3) is 1.00. The largest absolute Gasteiger partial charge is 0.379 e. The van der Waals surface area contributed by atoms with Crippen LogP contribution >= 0.6 is 0 Å². The van der Waals surface area contributed by atoms with Crippen LogP contribution in [0, 0.1) is 0 Å². The second-order valence-electron chi connectivity index (χ2n) is 4.44. The molecule has 0 saturated carbocycles. The van der Waals surface area contributed by atoms with Gasteiger partial charge in [-0.3, -0.25) is 0 Å². The van der Waals surface area contributed by atoms with Gasteiger partial charge in [0, 0.05) is 19.1 Å². The van der Waals surface area contributed by atoms with Crippen molar-refractivity contribution in [2.75, 3.05) is 38.6 Å². The van der Waals surface area contributed by atoms with E-state index < -0.39 is 10.0 Å². The second kappa shape index (κ2) is 5.44. The number of piperidine rings is 1. The minimum Gasteiger partial charge on any atom is -0.379 e. The fourth-order valence-corrected chi connectivity index (χ4v) is 3.96. The van der Waals surface area contributed by atoms with E-state index in [1.807, 2.05) is 0 Å². The summed E-state index contributed by atoms with van der Waals surface area (Å²) in [5.41, 5.74) is 0. The molecule has 0 aromatic rings. The van der Waals surface area contributed by atoms with Crippen LogP contribution in [-0.2, 0) is 14.8 Å². The van der Waals surface area contributed by atoms with Crippen molar-refractivity contribution in [1.29, 1.82) is 0 Å². The molecule has 2 aliphatic heterocycles. The van der Waals surface area contributed by atoms with Gasteiger partial charge in [-0.15, -0.1) is 0 Å². The van der Waals surface area contributed by atoms with Crippen LogP contribution in [0.3, 0.4) is 0 Å². The molecule has 0 radical (unpaired) electrons. The van der Waals surface area contributed by atoms with Crippen LogP contribution in [0.1, 0.15) is 19.3 Å². The van der Waals surface area contributed by atoms with Crippen LogP contribution in [0.25, 0.3) is 0 Å². The molecule has 1 N–H and O–H groups in total. The molecule has 2 fully saturated rings. The van der Waals surface area contributed by atoms with Crippen LogP contribution in [0.4, 0.5) is 0 Å². The van der Waals surface area contributed by atoms with Crippen molar-refractivity contribution in [3.05, 3.63) is 0 Å². The van der Waals surface area contributed by atoms with Gasteiger partial charge in [-0.05, 0) is 19.4 Å². The molecule has 0 amide bonds. The maximum atomic E-state index is 12.1. The van der Waals surface area contributed by atoms with E-state index in [2.05, 4.69) is 5.32 Å². The quantitative estimate of drug-likeness (QED) is 0.751. The van der Waals surface area contributed by atoms with Crippen molar-refractivity contribution < 1.29 is 13.2 Å². The maximum Gasteiger partial charge on any atom is 0.215 e. The molecular weight excluding hydrogens is 228 g/mol. The SMILES string of the molecule is O=S(=O)(CC1CCCCN1)N1CCOCC1. The number of hydrogen-bond donors (Lipinski definition) is 1. The van der Waals surface area contributed by atoms with Crippen LogP contribution in [0.15, 0.2) is 0 Å². The van der Waals surface area contributed by atoms with Gasteiger partial charge in [-0.1, -0.05) is 6.42 Å². The van der Waals surface area contributed by atoms with Gasteiger partial charge in [0.05, 0.1) is 19.0 Å². The summed E-state index contributed by atoms with van der Waals surface area (Å²) in [5.74, 6) is 0.243. The van der Waals surface area contributed by atoms with Crippen LogP contribution in [-0.4, -0.2) is 57.4 Å². The van der Waals surface area contributed by atoms with Gasteiger partial charge in [0.15, 0.2) is 0 Å². The van der Waals surface area contributed by atoms with Gasteiger partial charge >= 0.3 is 0 Å². The summed E-state index contributed by atoms with van der Waals surface area (Å²) >= 11 is 0. The first-order valence-electron chi connectivity index (χ1n) is 5.97. The number of rotatable bonds is 3. The Kier molecular flexibility index (Phi) is 4.18. The highest BCUT2D eigenvalue weighted by Crippen LogP contribution is 2.12. The Morgan fingerprint density at radius 2 is 2.00 bits per heavy atom. The molecule has 0 bridgehead atoms. The van der Waals surface area contributed by atoms with Gasteiger partial charge < -0.3 is 10.1 Å². The van der Waals surface area contributed by atoms with Crippen molar-refractivity contribution in [3.63, 3.8) is 0 Å². The first-order chi connectivity index (χ1) is 7.68. The van der Waals surface area contributed by atoms with E-state index in [0.29, 0.717) is 26.3 Å². The third-order valence-electron chi connectivity index (χ3n) is 3.19. The molecule has 16 heavy (non-hydrogen) atoms. The summed E-state index contributed by atoms with van der Waals surface area (Å²) in [6.45, 7) is 3.02. The molecule has 2 rings (SSSR count). The molecule has 94 valence electrons. The first kappa shape index (κ1) is 12.3. The van der Waals surface area contributed by atoms with E-state index in [9.17, 15) is 8.42 Å². The lowest BCUT2D eigenvalue weighted by Gasteiger charge is -2.29. The third-order valence-corrected chi connectivity index (χ3v) is 5.16. The summed E-state index contributed by atoms with van der Waals surface area (Å²) in [5, 5.41) is 3.28. The number of morpholine rings is 1. The van der Waals surface area contributed by atoms with Gasteiger partial charge in [-0.2, -0.15) is 4.31 Å². The Bertz CT molecular complexity index is 306.